The predicted octanol–water partition coefficient (Wildman–Crippen LogP) is 2.50. The molecule has 0 amide bonds. The lowest BCUT2D eigenvalue weighted by atomic mass is 9.91. The standard InChI is InChI=1S/C13H16O4/c14-12(15)8-4-7-11(9-13(16)17)10-5-2-1-3-6-10/h1-3,5-6,11H,4,7-9H2,(H,14,15)(H,16,17). The van der Waals surface area contributed by atoms with Crippen LogP contribution in [-0.2, 0) is 9.59 Å². The Morgan fingerprint density at radius 2 is 1.71 bits per heavy atom. The van der Waals surface area contributed by atoms with Crippen LogP contribution >= 0.6 is 0 Å². The molecule has 0 spiro atoms. The minimum absolute atomic E-state index is 0.0453. The van der Waals surface area contributed by atoms with Crippen molar-refractivity contribution in [1.29, 1.82) is 0 Å². The van der Waals surface area contributed by atoms with Gasteiger partial charge in [0, 0.05) is 6.42 Å². The van der Waals surface area contributed by atoms with Crippen LogP contribution in [0.5, 0.6) is 0 Å². The van der Waals surface area contributed by atoms with Gasteiger partial charge in [0.15, 0.2) is 0 Å². The minimum Gasteiger partial charge on any atom is -0.481 e. The molecule has 0 aliphatic heterocycles. The molecular weight excluding hydrogens is 220 g/mol. The van der Waals surface area contributed by atoms with E-state index < -0.39 is 11.9 Å². The van der Waals surface area contributed by atoms with Crippen LogP contribution in [0.4, 0.5) is 0 Å². The molecule has 92 valence electrons. The Balaban J connectivity index is 2.61. The number of benzene rings is 1. The molecule has 0 radical (unpaired) electrons. The predicted molar refractivity (Wildman–Crippen MR) is 62.9 cm³/mol. The van der Waals surface area contributed by atoms with Crippen LogP contribution in [0.15, 0.2) is 30.3 Å². The van der Waals surface area contributed by atoms with Crippen LogP contribution in [0.25, 0.3) is 0 Å². The lowest BCUT2D eigenvalue weighted by molar-refractivity contribution is -0.137. The fraction of sp³-hybridized carbons (Fsp3) is 0.385. The SMILES string of the molecule is O=C(O)CCCC(CC(=O)O)c1ccccc1. The van der Waals surface area contributed by atoms with E-state index in [1.807, 2.05) is 30.3 Å². The number of carbonyl (C=O) groups is 2. The normalized spacial score (nSPS) is 12.0. The molecular formula is C13H16O4. The van der Waals surface area contributed by atoms with Crippen molar-refractivity contribution in [3.05, 3.63) is 35.9 Å². The summed E-state index contributed by atoms with van der Waals surface area (Å²) in [5.41, 5.74) is 0.959. The number of rotatable bonds is 7. The summed E-state index contributed by atoms with van der Waals surface area (Å²) in [5.74, 6) is -1.80. The van der Waals surface area contributed by atoms with Crippen molar-refractivity contribution in [3.63, 3.8) is 0 Å². The molecule has 0 aliphatic rings. The van der Waals surface area contributed by atoms with E-state index in [0.717, 1.165) is 5.56 Å². The number of aliphatic carboxylic acids is 2. The third-order valence-corrected chi connectivity index (χ3v) is 2.64. The summed E-state index contributed by atoms with van der Waals surface area (Å²) < 4.78 is 0. The molecule has 0 heterocycles. The fourth-order valence-electron chi connectivity index (χ4n) is 1.82. The molecule has 0 bridgehead atoms. The average Bonchev–Trinajstić information content (AvgIpc) is 2.28. The Kier molecular flexibility index (Phi) is 5.20. The Labute approximate surface area is 99.9 Å². The van der Waals surface area contributed by atoms with Gasteiger partial charge in [-0.05, 0) is 24.3 Å². The van der Waals surface area contributed by atoms with Crippen molar-refractivity contribution in [2.45, 2.75) is 31.6 Å². The summed E-state index contributed by atoms with van der Waals surface area (Å²) in [6.45, 7) is 0. The molecule has 0 saturated heterocycles. The molecule has 0 aliphatic carbocycles. The van der Waals surface area contributed by atoms with Gasteiger partial charge in [0.25, 0.3) is 0 Å². The second-order valence-corrected chi connectivity index (χ2v) is 3.99. The highest BCUT2D eigenvalue weighted by atomic mass is 16.4. The van der Waals surface area contributed by atoms with Crippen molar-refractivity contribution in [3.8, 4) is 0 Å². The van der Waals surface area contributed by atoms with Gasteiger partial charge in [-0.2, -0.15) is 0 Å². The third-order valence-electron chi connectivity index (χ3n) is 2.64. The smallest absolute Gasteiger partial charge is 0.303 e. The van der Waals surface area contributed by atoms with Crippen molar-refractivity contribution in [1.82, 2.24) is 0 Å². The van der Waals surface area contributed by atoms with E-state index >= 15 is 0 Å². The highest BCUT2D eigenvalue weighted by Crippen LogP contribution is 2.25. The lowest BCUT2D eigenvalue weighted by Crippen LogP contribution is -2.07. The van der Waals surface area contributed by atoms with Gasteiger partial charge in [0.1, 0.15) is 0 Å². The van der Waals surface area contributed by atoms with Gasteiger partial charge in [-0.1, -0.05) is 30.3 Å². The molecule has 1 aromatic carbocycles. The van der Waals surface area contributed by atoms with Crippen LogP contribution in [0.3, 0.4) is 0 Å². The number of carboxylic acids is 2. The molecule has 17 heavy (non-hydrogen) atoms. The van der Waals surface area contributed by atoms with Crippen LogP contribution in [0.1, 0.15) is 37.2 Å². The van der Waals surface area contributed by atoms with Gasteiger partial charge in [-0.3, -0.25) is 9.59 Å². The molecule has 0 fully saturated rings. The maximum Gasteiger partial charge on any atom is 0.303 e. The van der Waals surface area contributed by atoms with E-state index in [-0.39, 0.29) is 18.8 Å². The van der Waals surface area contributed by atoms with Crippen molar-refractivity contribution in [2.24, 2.45) is 0 Å². The van der Waals surface area contributed by atoms with E-state index in [2.05, 4.69) is 0 Å². The first kappa shape index (κ1) is 13.2. The molecule has 4 nitrogen and oxygen atoms in total. The highest BCUT2D eigenvalue weighted by molar-refractivity contribution is 5.68. The number of hydrogen-bond acceptors (Lipinski definition) is 2. The van der Waals surface area contributed by atoms with E-state index in [1.165, 1.54) is 0 Å². The fourth-order valence-corrected chi connectivity index (χ4v) is 1.82. The van der Waals surface area contributed by atoms with E-state index in [0.29, 0.717) is 12.8 Å². The highest BCUT2D eigenvalue weighted by Gasteiger charge is 2.15. The Morgan fingerprint density at radius 1 is 1.06 bits per heavy atom. The topological polar surface area (TPSA) is 74.6 Å². The zero-order valence-corrected chi connectivity index (χ0v) is 9.50. The van der Waals surface area contributed by atoms with Crippen molar-refractivity contribution in [2.75, 3.05) is 0 Å². The first-order chi connectivity index (χ1) is 8.09. The van der Waals surface area contributed by atoms with Gasteiger partial charge in [-0.25, -0.2) is 0 Å². The maximum absolute atomic E-state index is 10.8. The molecule has 4 heteroatoms. The molecule has 2 N–H and O–H groups in total. The van der Waals surface area contributed by atoms with Crippen molar-refractivity contribution >= 4 is 11.9 Å². The molecule has 0 aromatic heterocycles. The molecule has 0 saturated carbocycles. The van der Waals surface area contributed by atoms with Gasteiger partial charge in [0.05, 0.1) is 6.42 Å². The summed E-state index contributed by atoms with van der Waals surface area (Å²) in [7, 11) is 0. The zero-order chi connectivity index (χ0) is 12.7. The second-order valence-electron chi connectivity index (χ2n) is 3.99. The van der Waals surface area contributed by atoms with Gasteiger partial charge in [-0.15, -0.1) is 0 Å². The van der Waals surface area contributed by atoms with Crippen LogP contribution in [0, 0.1) is 0 Å². The summed E-state index contributed by atoms with van der Waals surface area (Å²) in [6, 6.07) is 9.37. The number of hydrogen-bond donors (Lipinski definition) is 2. The first-order valence-corrected chi connectivity index (χ1v) is 5.58. The minimum atomic E-state index is -0.853. The molecule has 1 rings (SSSR count). The van der Waals surface area contributed by atoms with Gasteiger partial charge in [0.2, 0.25) is 0 Å². The Bertz CT molecular complexity index is 372. The van der Waals surface area contributed by atoms with E-state index in [1.54, 1.807) is 0 Å². The van der Waals surface area contributed by atoms with Crippen LogP contribution in [0.2, 0.25) is 0 Å². The lowest BCUT2D eigenvalue weighted by Gasteiger charge is -2.14. The van der Waals surface area contributed by atoms with Crippen LogP contribution in [-0.4, -0.2) is 22.2 Å². The maximum atomic E-state index is 10.8. The monoisotopic (exact) mass is 236 g/mol. The molecule has 1 aromatic rings. The summed E-state index contributed by atoms with van der Waals surface area (Å²) in [6.07, 6.45) is 1.22. The third kappa shape index (κ3) is 5.15. The van der Waals surface area contributed by atoms with Crippen molar-refractivity contribution < 1.29 is 19.8 Å². The average molecular weight is 236 g/mol. The van der Waals surface area contributed by atoms with Crippen LogP contribution < -0.4 is 0 Å². The summed E-state index contributed by atoms with van der Waals surface area (Å²) in [4.78, 5) is 21.2. The summed E-state index contributed by atoms with van der Waals surface area (Å²) >= 11 is 0. The second kappa shape index (κ2) is 6.68. The molecule has 1 atom stereocenters. The van der Waals surface area contributed by atoms with E-state index in [4.69, 9.17) is 10.2 Å². The zero-order valence-electron chi connectivity index (χ0n) is 9.50. The first-order valence-electron chi connectivity index (χ1n) is 5.58. The van der Waals surface area contributed by atoms with E-state index in [9.17, 15) is 9.59 Å². The molecule has 1 unspecified atom stereocenters. The quantitative estimate of drug-likeness (QED) is 0.762. The Hall–Kier alpha value is -1.84. The van der Waals surface area contributed by atoms with Gasteiger partial charge < -0.3 is 10.2 Å². The largest absolute Gasteiger partial charge is 0.481 e. The Morgan fingerprint density at radius 3 is 2.24 bits per heavy atom. The van der Waals surface area contributed by atoms with Gasteiger partial charge >= 0.3 is 11.9 Å². The summed E-state index contributed by atoms with van der Waals surface area (Å²) in [5, 5.41) is 17.4. The number of carboxylic acid groups (broad SMARTS) is 2.